The van der Waals surface area contributed by atoms with Crippen molar-refractivity contribution in [1.29, 1.82) is 0 Å². The van der Waals surface area contributed by atoms with Crippen LogP contribution in [0.2, 0.25) is 0 Å². The van der Waals surface area contributed by atoms with Crippen LogP contribution in [0.25, 0.3) is 0 Å². The van der Waals surface area contributed by atoms with Crippen molar-refractivity contribution in [2.24, 2.45) is 0 Å². The van der Waals surface area contributed by atoms with E-state index in [9.17, 15) is 0 Å². The highest BCUT2D eigenvalue weighted by atomic mass is 16.7. The summed E-state index contributed by atoms with van der Waals surface area (Å²) in [5.41, 5.74) is 1.02. The van der Waals surface area contributed by atoms with Gasteiger partial charge < -0.3 is 14.8 Å². The van der Waals surface area contributed by atoms with Gasteiger partial charge in [-0.05, 0) is 12.1 Å². The minimum Gasteiger partial charge on any atom is -0.337 e. The van der Waals surface area contributed by atoms with Gasteiger partial charge in [0, 0.05) is 5.69 Å². The summed E-state index contributed by atoms with van der Waals surface area (Å²) in [6, 6.07) is 9.87. The van der Waals surface area contributed by atoms with Gasteiger partial charge in [0.15, 0.2) is 0 Å². The third-order valence-electron chi connectivity index (χ3n) is 1.68. The summed E-state index contributed by atoms with van der Waals surface area (Å²) in [6.45, 7) is 1.34. The molecule has 3 heteroatoms. The molecule has 1 aromatic carbocycles. The van der Waals surface area contributed by atoms with Crippen molar-refractivity contribution in [3.8, 4) is 0 Å². The second kappa shape index (κ2) is 3.56. The van der Waals surface area contributed by atoms with E-state index in [1.54, 1.807) is 0 Å². The zero-order chi connectivity index (χ0) is 8.23. The molecule has 12 heavy (non-hydrogen) atoms. The quantitative estimate of drug-likeness (QED) is 0.719. The standard InChI is InChI=1S/C9H11NO2/c1-2-4-8(5-3-1)10-9-11-6-7-12-9/h1-5,9-10H,6-7H2. The van der Waals surface area contributed by atoms with Gasteiger partial charge in [0.25, 0.3) is 0 Å². The van der Waals surface area contributed by atoms with Crippen molar-refractivity contribution in [3.63, 3.8) is 0 Å². The van der Waals surface area contributed by atoms with Crippen LogP contribution in [0.4, 0.5) is 5.69 Å². The maximum Gasteiger partial charge on any atom is 0.238 e. The maximum absolute atomic E-state index is 5.22. The lowest BCUT2D eigenvalue weighted by molar-refractivity contribution is -0.0177. The van der Waals surface area contributed by atoms with Crippen molar-refractivity contribution < 1.29 is 9.47 Å². The Kier molecular flexibility index (Phi) is 2.25. The Morgan fingerprint density at radius 3 is 2.42 bits per heavy atom. The van der Waals surface area contributed by atoms with Gasteiger partial charge >= 0.3 is 0 Å². The zero-order valence-corrected chi connectivity index (χ0v) is 6.69. The number of ether oxygens (including phenoxy) is 2. The molecule has 1 aromatic rings. The van der Waals surface area contributed by atoms with Crippen molar-refractivity contribution >= 4 is 5.69 Å². The van der Waals surface area contributed by atoms with Crippen LogP contribution in [0.3, 0.4) is 0 Å². The number of anilines is 1. The Balaban J connectivity index is 1.94. The lowest BCUT2D eigenvalue weighted by Crippen LogP contribution is -2.19. The van der Waals surface area contributed by atoms with Crippen LogP contribution in [0.1, 0.15) is 0 Å². The van der Waals surface area contributed by atoms with Crippen molar-refractivity contribution in [3.05, 3.63) is 30.3 Å². The summed E-state index contributed by atoms with van der Waals surface area (Å²) in [6.07, 6.45) is -0.271. The van der Waals surface area contributed by atoms with Gasteiger partial charge in [-0.3, -0.25) is 0 Å². The van der Waals surface area contributed by atoms with Crippen LogP contribution in [0.5, 0.6) is 0 Å². The fourth-order valence-corrected chi connectivity index (χ4v) is 1.11. The Morgan fingerprint density at radius 1 is 1.08 bits per heavy atom. The second-order valence-electron chi connectivity index (χ2n) is 2.58. The first-order valence-corrected chi connectivity index (χ1v) is 4.00. The molecule has 1 N–H and O–H groups in total. The van der Waals surface area contributed by atoms with Gasteiger partial charge in [0.1, 0.15) is 0 Å². The predicted octanol–water partition coefficient (Wildman–Crippen LogP) is 1.43. The maximum atomic E-state index is 5.22. The molecule has 0 spiro atoms. The first kappa shape index (κ1) is 7.58. The lowest BCUT2D eigenvalue weighted by Gasteiger charge is -2.11. The highest BCUT2D eigenvalue weighted by Crippen LogP contribution is 2.10. The Hall–Kier alpha value is -1.06. The normalized spacial score (nSPS) is 18.0. The zero-order valence-electron chi connectivity index (χ0n) is 6.69. The number of nitrogens with one attached hydrogen (secondary N) is 1. The Bertz CT molecular complexity index is 232. The summed E-state index contributed by atoms with van der Waals surface area (Å²) in [7, 11) is 0. The van der Waals surface area contributed by atoms with Gasteiger partial charge in [-0.1, -0.05) is 18.2 Å². The van der Waals surface area contributed by atoms with Crippen molar-refractivity contribution in [1.82, 2.24) is 0 Å². The van der Waals surface area contributed by atoms with E-state index in [4.69, 9.17) is 9.47 Å². The van der Waals surface area contributed by atoms with E-state index in [1.807, 2.05) is 30.3 Å². The third kappa shape index (κ3) is 1.75. The van der Waals surface area contributed by atoms with Gasteiger partial charge in [-0.2, -0.15) is 0 Å². The van der Waals surface area contributed by atoms with E-state index in [0.717, 1.165) is 5.69 Å². The first-order valence-electron chi connectivity index (χ1n) is 4.00. The molecule has 1 saturated heterocycles. The molecule has 0 unspecified atom stereocenters. The van der Waals surface area contributed by atoms with E-state index < -0.39 is 0 Å². The monoisotopic (exact) mass is 165 g/mol. The summed E-state index contributed by atoms with van der Waals surface area (Å²) in [5.74, 6) is 0. The van der Waals surface area contributed by atoms with Crippen LogP contribution in [-0.4, -0.2) is 19.6 Å². The Morgan fingerprint density at radius 2 is 1.75 bits per heavy atom. The lowest BCUT2D eigenvalue weighted by atomic mass is 10.3. The molecule has 0 radical (unpaired) electrons. The Labute approximate surface area is 71.3 Å². The molecule has 0 amide bonds. The molecular formula is C9H11NO2. The van der Waals surface area contributed by atoms with E-state index in [-0.39, 0.29) is 6.41 Å². The molecule has 1 aliphatic heterocycles. The first-order chi connectivity index (χ1) is 5.95. The molecule has 0 aliphatic carbocycles. The fraction of sp³-hybridized carbons (Fsp3) is 0.333. The molecule has 1 aliphatic rings. The van der Waals surface area contributed by atoms with Gasteiger partial charge in [0.05, 0.1) is 13.2 Å². The van der Waals surface area contributed by atoms with Crippen LogP contribution in [-0.2, 0) is 9.47 Å². The number of hydrogen-bond donors (Lipinski definition) is 1. The molecule has 0 atom stereocenters. The third-order valence-corrected chi connectivity index (χ3v) is 1.68. The molecule has 64 valence electrons. The minimum atomic E-state index is -0.271. The number of rotatable bonds is 2. The van der Waals surface area contributed by atoms with Crippen LogP contribution < -0.4 is 5.32 Å². The summed E-state index contributed by atoms with van der Waals surface area (Å²) < 4.78 is 10.4. The van der Waals surface area contributed by atoms with Gasteiger partial charge in [-0.25, -0.2) is 0 Å². The average Bonchev–Trinajstić information content (AvgIpc) is 2.59. The van der Waals surface area contributed by atoms with E-state index in [2.05, 4.69) is 5.32 Å². The van der Waals surface area contributed by atoms with E-state index in [0.29, 0.717) is 13.2 Å². The van der Waals surface area contributed by atoms with Crippen molar-refractivity contribution in [2.45, 2.75) is 6.41 Å². The number of para-hydroxylation sites is 1. The molecule has 0 aromatic heterocycles. The van der Waals surface area contributed by atoms with Crippen LogP contribution in [0.15, 0.2) is 30.3 Å². The highest BCUT2D eigenvalue weighted by molar-refractivity contribution is 5.42. The SMILES string of the molecule is c1ccc(NC2OCCO2)cc1. The van der Waals surface area contributed by atoms with Crippen LogP contribution in [0, 0.1) is 0 Å². The molecule has 2 rings (SSSR count). The number of hydrogen-bond acceptors (Lipinski definition) is 3. The van der Waals surface area contributed by atoms with E-state index >= 15 is 0 Å². The molecule has 1 fully saturated rings. The molecule has 0 saturated carbocycles. The topological polar surface area (TPSA) is 30.5 Å². The molecular weight excluding hydrogens is 154 g/mol. The molecule has 3 nitrogen and oxygen atoms in total. The smallest absolute Gasteiger partial charge is 0.238 e. The average molecular weight is 165 g/mol. The van der Waals surface area contributed by atoms with Crippen molar-refractivity contribution in [2.75, 3.05) is 18.5 Å². The number of benzene rings is 1. The summed E-state index contributed by atoms with van der Waals surface area (Å²) in [4.78, 5) is 0. The largest absolute Gasteiger partial charge is 0.337 e. The van der Waals surface area contributed by atoms with E-state index in [1.165, 1.54) is 0 Å². The van der Waals surface area contributed by atoms with Gasteiger partial charge in [-0.15, -0.1) is 0 Å². The highest BCUT2D eigenvalue weighted by Gasteiger charge is 2.14. The minimum absolute atomic E-state index is 0.271. The van der Waals surface area contributed by atoms with Gasteiger partial charge in [0.2, 0.25) is 6.41 Å². The molecule has 0 bridgehead atoms. The predicted molar refractivity (Wildman–Crippen MR) is 45.8 cm³/mol. The fourth-order valence-electron chi connectivity index (χ4n) is 1.11. The summed E-state index contributed by atoms with van der Waals surface area (Å²) >= 11 is 0. The molecule has 1 heterocycles. The van der Waals surface area contributed by atoms with Crippen LogP contribution >= 0.6 is 0 Å². The second-order valence-corrected chi connectivity index (χ2v) is 2.58. The summed E-state index contributed by atoms with van der Waals surface area (Å²) in [5, 5.41) is 3.10.